The minimum atomic E-state index is -1.10. The third-order valence-electron chi connectivity index (χ3n) is 6.97. The summed E-state index contributed by atoms with van der Waals surface area (Å²) in [5.41, 5.74) is 1.14. The van der Waals surface area contributed by atoms with E-state index in [-0.39, 0.29) is 11.5 Å². The van der Waals surface area contributed by atoms with Gasteiger partial charge in [-0.2, -0.15) is 0 Å². The molecule has 2 amide bonds. The van der Waals surface area contributed by atoms with Gasteiger partial charge in [0.15, 0.2) is 0 Å². The molecule has 1 aliphatic carbocycles. The van der Waals surface area contributed by atoms with Crippen LogP contribution in [0.3, 0.4) is 0 Å². The lowest BCUT2D eigenvalue weighted by atomic mass is 9.77. The Bertz CT molecular complexity index is 783. The first-order chi connectivity index (χ1) is 13.9. The second-order valence-electron chi connectivity index (χ2n) is 8.77. The van der Waals surface area contributed by atoms with E-state index in [0.29, 0.717) is 17.6 Å². The molecule has 3 N–H and O–H groups in total. The van der Waals surface area contributed by atoms with Crippen LogP contribution < -0.4 is 10.2 Å². The minimum absolute atomic E-state index is 0.200. The lowest BCUT2D eigenvalue weighted by Crippen LogP contribution is -2.47. The number of aliphatic hydroxyl groups excluding tert-OH is 1. The van der Waals surface area contributed by atoms with Gasteiger partial charge < -0.3 is 20.0 Å². The zero-order valence-electron chi connectivity index (χ0n) is 16.9. The van der Waals surface area contributed by atoms with Crippen LogP contribution in [0.15, 0.2) is 12.3 Å². The molecule has 1 spiro atoms. The van der Waals surface area contributed by atoms with Crippen molar-refractivity contribution in [3.63, 3.8) is 0 Å². The van der Waals surface area contributed by atoms with Gasteiger partial charge in [0, 0.05) is 25.7 Å². The summed E-state index contributed by atoms with van der Waals surface area (Å²) in [6.45, 7) is 4.33. The van der Waals surface area contributed by atoms with Crippen molar-refractivity contribution in [2.45, 2.75) is 64.0 Å². The summed E-state index contributed by atoms with van der Waals surface area (Å²) in [6.07, 6.45) is 6.24. The molecule has 0 unspecified atom stereocenters. The highest BCUT2D eigenvalue weighted by molar-refractivity contribution is 5.85. The smallest absolute Gasteiger partial charge is 0.409 e. The topological polar surface area (TPSA) is 106 Å². The highest BCUT2D eigenvalue weighted by Gasteiger charge is 2.50. The van der Waals surface area contributed by atoms with Crippen LogP contribution in [0.5, 0.6) is 0 Å². The molecule has 2 saturated heterocycles. The zero-order valence-corrected chi connectivity index (χ0v) is 16.9. The van der Waals surface area contributed by atoms with Crippen LogP contribution in [0.4, 0.5) is 16.3 Å². The zero-order chi connectivity index (χ0) is 20.6. The van der Waals surface area contributed by atoms with Crippen LogP contribution in [0.2, 0.25) is 0 Å². The first kappa shape index (κ1) is 19.9. The molecule has 4 rings (SSSR count). The molecule has 2 aliphatic heterocycles. The van der Waals surface area contributed by atoms with Crippen LogP contribution in [0, 0.1) is 12.3 Å². The number of rotatable bonds is 3. The van der Waals surface area contributed by atoms with Gasteiger partial charge in [-0.25, -0.2) is 9.78 Å². The fourth-order valence-electron chi connectivity index (χ4n) is 5.27. The van der Waals surface area contributed by atoms with E-state index in [1.807, 2.05) is 6.92 Å². The highest BCUT2D eigenvalue weighted by atomic mass is 16.4. The number of aryl methyl sites for hydroxylation is 1. The van der Waals surface area contributed by atoms with Crippen molar-refractivity contribution in [1.29, 1.82) is 0 Å². The number of aromatic nitrogens is 1. The van der Waals surface area contributed by atoms with Crippen molar-refractivity contribution in [3.8, 4) is 0 Å². The average molecular weight is 402 g/mol. The first-order valence-electron chi connectivity index (χ1n) is 10.6. The summed E-state index contributed by atoms with van der Waals surface area (Å²) in [4.78, 5) is 32.9. The van der Waals surface area contributed by atoms with Crippen molar-refractivity contribution in [1.82, 2.24) is 9.88 Å². The van der Waals surface area contributed by atoms with Gasteiger partial charge in [0.1, 0.15) is 5.82 Å². The van der Waals surface area contributed by atoms with E-state index < -0.39 is 6.09 Å². The number of piperidine rings is 1. The number of hydrogen-bond acceptors (Lipinski definition) is 5. The lowest BCUT2D eigenvalue weighted by Gasteiger charge is -2.40. The second-order valence-corrected chi connectivity index (χ2v) is 8.77. The maximum Gasteiger partial charge on any atom is 0.409 e. The third-order valence-corrected chi connectivity index (χ3v) is 6.97. The van der Waals surface area contributed by atoms with Crippen molar-refractivity contribution in [3.05, 3.63) is 17.8 Å². The Morgan fingerprint density at radius 2 is 1.83 bits per heavy atom. The average Bonchev–Trinajstić information content (AvgIpc) is 2.99. The van der Waals surface area contributed by atoms with Crippen LogP contribution in [-0.4, -0.2) is 63.9 Å². The molecule has 8 nitrogen and oxygen atoms in total. The Labute approximate surface area is 170 Å². The SMILES string of the molecule is Cc1cc(NC(=O)O)cnc1N1CCC2(CC1)CCN([C@H]1CC[C@@H](O)CC1)C2=O. The standard InChI is InChI=1S/C21H30N4O4/c1-14-12-15(23-20(28)29)13-22-18(14)24-9-6-21(7-10-24)8-11-25(19(21)27)16-2-4-17(26)5-3-16/h12-13,16-17,23,26H,2-11H2,1H3,(H,28,29)/t16-,17+. The fourth-order valence-corrected chi connectivity index (χ4v) is 5.27. The summed E-state index contributed by atoms with van der Waals surface area (Å²) >= 11 is 0. The molecule has 1 aromatic rings. The number of carbonyl (C=O) groups excluding carboxylic acids is 1. The molecular weight excluding hydrogens is 372 g/mol. The van der Waals surface area contributed by atoms with E-state index in [9.17, 15) is 14.7 Å². The van der Waals surface area contributed by atoms with Gasteiger partial charge in [0.25, 0.3) is 0 Å². The summed E-state index contributed by atoms with van der Waals surface area (Å²) in [5, 5.41) is 20.9. The van der Waals surface area contributed by atoms with E-state index in [4.69, 9.17) is 5.11 Å². The maximum absolute atomic E-state index is 13.3. The van der Waals surface area contributed by atoms with E-state index in [2.05, 4.69) is 20.1 Å². The number of aliphatic hydroxyl groups is 1. The van der Waals surface area contributed by atoms with Crippen LogP contribution in [0.25, 0.3) is 0 Å². The van der Waals surface area contributed by atoms with Crippen molar-refractivity contribution in [2.75, 3.05) is 29.9 Å². The molecule has 3 heterocycles. The molecule has 0 radical (unpaired) electrons. The number of amides is 2. The van der Waals surface area contributed by atoms with Gasteiger partial charge in [-0.1, -0.05) is 0 Å². The fraction of sp³-hybridized carbons (Fsp3) is 0.667. The van der Waals surface area contributed by atoms with Crippen LogP contribution >= 0.6 is 0 Å². The van der Waals surface area contributed by atoms with Gasteiger partial charge in [0.2, 0.25) is 5.91 Å². The number of anilines is 2. The number of nitrogens with one attached hydrogen (secondary N) is 1. The van der Waals surface area contributed by atoms with E-state index in [0.717, 1.165) is 76.0 Å². The van der Waals surface area contributed by atoms with Crippen LogP contribution in [-0.2, 0) is 4.79 Å². The Balaban J connectivity index is 1.39. The quantitative estimate of drug-likeness (QED) is 0.718. The van der Waals surface area contributed by atoms with Crippen molar-refractivity contribution < 1.29 is 19.8 Å². The molecule has 158 valence electrons. The number of hydrogen-bond donors (Lipinski definition) is 3. The lowest BCUT2D eigenvalue weighted by molar-refractivity contribution is -0.139. The molecule has 3 fully saturated rings. The molecule has 0 aromatic carbocycles. The largest absolute Gasteiger partial charge is 0.465 e. The predicted octanol–water partition coefficient (Wildman–Crippen LogP) is 2.60. The molecule has 1 saturated carbocycles. The van der Waals surface area contributed by atoms with Crippen molar-refractivity contribution in [2.24, 2.45) is 5.41 Å². The molecule has 0 atom stereocenters. The third kappa shape index (κ3) is 3.90. The predicted molar refractivity (Wildman–Crippen MR) is 109 cm³/mol. The summed E-state index contributed by atoms with van der Waals surface area (Å²) in [7, 11) is 0. The van der Waals surface area contributed by atoms with E-state index in [1.54, 1.807) is 12.3 Å². The summed E-state index contributed by atoms with van der Waals surface area (Å²) in [5.74, 6) is 1.17. The maximum atomic E-state index is 13.3. The van der Waals surface area contributed by atoms with Gasteiger partial charge in [-0.05, 0) is 63.5 Å². The Morgan fingerprint density at radius 1 is 1.17 bits per heavy atom. The molecule has 29 heavy (non-hydrogen) atoms. The number of likely N-dealkylation sites (tertiary alicyclic amines) is 1. The molecule has 3 aliphatic rings. The second kappa shape index (κ2) is 7.82. The Morgan fingerprint density at radius 3 is 2.45 bits per heavy atom. The Kier molecular flexibility index (Phi) is 5.38. The number of pyridine rings is 1. The normalized spacial score (nSPS) is 26.8. The summed E-state index contributed by atoms with van der Waals surface area (Å²) in [6, 6.07) is 2.09. The van der Waals surface area contributed by atoms with Gasteiger partial charge in [-0.3, -0.25) is 10.1 Å². The van der Waals surface area contributed by atoms with Gasteiger partial charge >= 0.3 is 6.09 Å². The molecule has 1 aromatic heterocycles. The van der Waals surface area contributed by atoms with Gasteiger partial charge in [0.05, 0.1) is 23.4 Å². The highest BCUT2D eigenvalue weighted by Crippen LogP contribution is 2.44. The number of nitrogens with zero attached hydrogens (tertiary/aromatic N) is 3. The summed E-state index contributed by atoms with van der Waals surface area (Å²) < 4.78 is 0. The Hall–Kier alpha value is -2.35. The first-order valence-corrected chi connectivity index (χ1v) is 10.6. The van der Waals surface area contributed by atoms with E-state index in [1.165, 1.54) is 0 Å². The minimum Gasteiger partial charge on any atom is -0.465 e. The number of carbonyl (C=O) groups is 2. The van der Waals surface area contributed by atoms with Crippen molar-refractivity contribution >= 4 is 23.5 Å². The van der Waals surface area contributed by atoms with E-state index >= 15 is 0 Å². The van der Waals surface area contributed by atoms with Crippen LogP contribution in [0.1, 0.15) is 50.5 Å². The molecule has 8 heteroatoms. The van der Waals surface area contributed by atoms with Gasteiger partial charge in [-0.15, -0.1) is 0 Å². The monoisotopic (exact) mass is 402 g/mol. The molecular formula is C21H30N4O4. The molecule has 0 bridgehead atoms. The number of carboxylic acid groups (broad SMARTS) is 1.